The molecule has 3 nitrogen and oxygen atoms in total. The van der Waals surface area contributed by atoms with Crippen molar-refractivity contribution in [3.05, 3.63) is 11.1 Å². The number of fused-ring (bicyclic) bond motifs is 7. The lowest BCUT2D eigenvalue weighted by molar-refractivity contribution is -0.129. The number of aliphatic hydroxyl groups is 2. The molecule has 1 saturated heterocycles. The highest BCUT2D eigenvalue weighted by atomic mass is 16.3. The van der Waals surface area contributed by atoms with Crippen LogP contribution < -0.4 is 0 Å². The second-order valence-corrected chi connectivity index (χ2v) is 12.7. The van der Waals surface area contributed by atoms with Crippen LogP contribution in [0.4, 0.5) is 0 Å². The summed E-state index contributed by atoms with van der Waals surface area (Å²) < 4.78 is 0. The van der Waals surface area contributed by atoms with E-state index in [-0.39, 0.29) is 17.6 Å². The molecular weight excluding hydrogens is 370 g/mol. The Hall–Kier alpha value is -0.380. The number of hydrogen-bond acceptors (Lipinski definition) is 3. The van der Waals surface area contributed by atoms with E-state index in [2.05, 4.69) is 25.7 Å². The van der Waals surface area contributed by atoms with Crippen molar-refractivity contribution in [2.75, 3.05) is 13.1 Å². The Balaban J connectivity index is 1.32. The molecule has 3 heteroatoms. The fraction of sp³-hybridized carbons (Fsp3) is 0.926. The van der Waals surface area contributed by atoms with E-state index in [1.165, 1.54) is 45.2 Å². The molecule has 6 aliphatic rings. The minimum atomic E-state index is -0.196. The van der Waals surface area contributed by atoms with Crippen molar-refractivity contribution in [2.24, 2.45) is 46.8 Å². The third-order valence-corrected chi connectivity index (χ3v) is 11.4. The standard InChI is InChI=1S/C27H43NO2/c1-15-4-7-25-16(2)18-5-6-19-20(22(18)14-28(25)13-15)11-23-21(19)12-26(30)24-10-17(29)8-9-27(23,24)3/h15-17,19-21,23-26,29-30H,4-14H2,1-3H3/t15-,16-,17+,19-,20-,21+,23-,24-,25+,26-,27-/m1/s1. The number of hydrogen-bond donors (Lipinski definition) is 2. The summed E-state index contributed by atoms with van der Waals surface area (Å²) in [6, 6.07) is 0.795. The van der Waals surface area contributed by atoms with E-state index in [9.17, 15) is 10.2 Å². The maximum absolute atomic E-state index is 11.2. The fourth-order valence-electron chi connectivity index (χ4n) is 9.90. The molecule has 6 rings (SSSR count). The zero-order chi connectivity index (χ0) is 20.8. The van der Waals surface area contributed by atoms with Crippen molar-refractivity contribution in [3.63, 3.8) is 0 Å². The molecule has 2 heterocycles. The van der Waals surface area contributed by atoms with Gasteiger partial charge in [0.2, 0.25) is 0 Å². The van der Waals surface area contributed by atoms with Gasteiger partial charge in [-0.25, -0.2) is 0 Å². The van der Waals surface area contributed by atoms with Gasteiger partial charge in [-0.15, -0.1) is 0 Å². The highest BCUT2D eigenvalue weighted by Gasteiger charge is 2.61. The molecule has 11 atom stereocenters. The SMILES string of the molecule is C[C@@H]1CC[C@H]2[C@H](C)C3=C(CN2C1)[C@@H]1C[C@@H]2[C@@H](C[C@@H](O)[C@H]4C[C@@H](O)CC[C@]24C)[C@@H]1CC3. The maximum atomic E-state index is 11.2. The van der Waals surface area contributed by atoms with E-state index >= 15 is 0 Å². The van der Waals surface area contributed by atoms with Crippen molar-refractivity contribution in [1.29, 1.82) is 0 Å². The number of nitrogens with zero attached hydrogens (tertiary/aromatic N) is 1. The van der Waals surface area contributed by atoms with Crippen LogP contribution in [0.5, 0.6) is 0 Å². The lowest BCUT2D eigenvalue weighted by Crippen LogP contribution is -2.53. The molecule has 0 bridgehead atoms. The number of piperidine rings is 1. The van der Waals surface area contributed by atoms with Gasteiger partial charge in [-0.1, -0.05) is 31.9 Å². The molecule has 2 aliphatic heterocycles. The van der Waals surface area contributed by atoms with E-state index in [0.29, 0.717) is 11.8 Å². The lowest BCUT2D eigenvalue weighted by Gasteiger charge is -2.55. The van der Waals surface area contributed by atoms with Crippen molar-refractivity contribution in [2.45, 2.75) is 96.8 Å². The molecule has 4 fully saturated rings. The Kier molecular flexibility index (Phi) is 4.76. The summed E-state index contributed by atoms with van der Waals surface area (Å²) >= 11 is 0. The zero-order valence-electron chi connectivity index (χ0n) is 19.4. The molecule has 0 radical (unpaired) electrons. The number of rotatable bonds is 0. The van der Waals surface area contributed by atoms with E-state index in [4.69, 9.17) is 0 Å². The Bertz CT molecular complexity index is 732. The molecule has 168 valence electrons. The lowest BCUT2D eigenvalue weighted by atomic mass is 9.51. The highest BCUT2D eigenvalue weighted by molar-refractivity contribution is 5.32. The summed E-state index contributed by atoms with van der Waals surface area (Å²) in [6.07, 6.45) is 10.4. The molecule has 0 aromatic rings. The molecule has 4 aliphatic carbocycles. The van der Waals surface area contributed by atoms with E-state index < -0.39 is 0 Å². The van der Waals surface area contributed by atoms with Crippen molar-refractivity contribution < 1.29 is 10.2 Å². The maximum Gasteiger partial charge on any atom is 0.0577 e. The summed E-state index contributed by atoms with van der Waals surface area (Å²) in [7, 11) is 0. The van der Waals surface area contributed by atoms with E-state index in [1.807, 2.05) is 11.1 Å². The molecule has 2 N–H and O–H groups in total. The summed E-state index contributed by atoms with van der Waals surface area (Å²) in [5.41, 5.74) is 3.94. The van der Waals surface area contributed by atoms with Crippen LogP contribution in [0.15, 0.2) is 11.1 Å². The number of aliphatic hydroxyl groups excluding tert-OH is 2. The molecule has 3 saturated carbocycles. The predicted molar refractivity (Wildman–Crippen MR) is 120 cm³/mol. The average Bonchev–Trinajstić information content (AvgIpc) is 3.09. The first-order valence-electron chi connectivity index (χ1n) is 13.2. The summed E-state index contributed by atoms with van der Waals surface area (Å²) in [6.45, 7) is 10.0. The molecule has 0 amide bonds. The Morgan fingerprint density at radius 1 is 0.900 bits per heavy atom. The first-order chi connectivity index (χ1) is 14.4. The van der Waals surface area contributed by atoms with Gasteiger partial charge in [0.05, 0.1) is 12.2 Å². The molecule has 0 aromatic heterocycles. The first kappa shape index (κ1) is 20.2. The molecule has 0 spiro atoms. The van der Waals surface area contributed by atoms with Crippen LogP contribution in [0.2, 0.25) is 0 Å². The topological polar surface area (TPSA) is 43.7 Å². The van der Waals surface area contributed by atoms with Crippen LogP contribution in [-0.4, -0.2) is 46.5 Å². The van der Waals surface area contributed by atoms with Gasteiger partial charge >= 0.3 is 0 Å². The van der Waals surface area contributed by atoms with Gasteiger partial charge in [-0.05, 0) is 105 Å². The van der Waals surface area contributed by atoms with Gasteiger partial charge in [0.1, 0.15) is 0 Å². The van der Waals surface area contributed by atoms with Crippen LogP contribution in [0.25, 0.3) is 0 Å². The zero-order valence-corrected chi connectivity index (χ0v) is 19.4. The largest absolute Gasteiger partial charge is 0.393 e. The third-order valence-electron chi connectivity index (χ3n) is 11.4. The van der Waals surface area contributed by atoms with Gasteiger partial charge in [0.25, 0.3) is 0 Å². The predicted octanol–water partition coefficient (Wildman–Crippen LogP) is 4.63. The van der Waals surface area contributed by atoms with Crippen LogP contribution in [0.3, 0.4) is 0 Å². The van der Waals surface area contributed by atoms with Crippen LogP contribution in [0, 0.1) is 46.8 Å². The van der Waals surface area contributed by atoms with Gasteiger partial charge in [-0.2, -0.15) is 0 Å². The van der Waals surface area contributed by atoms with Gasteiger partial charge in [-0.3, -0.25) is 4.90 Å². The monoisotopic (exact) mass is 413 g/mol. The van der Waals surface area contributed by atoms with Crippen molar-refractivity contribution in [3.8, 4) is 0 Å². The second kappa shape index (κ2) is 7.06. The van der Waals surface area contributed by atoms with Crippen LogP contribution >= 0.6 is 0 Å². The third kappa shape index (κ3) is 2.80. The highest BCUT2D eigenvalue weighted by Crippen LogP contribution is 2.66. The van der Waals surface area contributed by atoms with Crippen LogP contribution in [0.1, 0.15) is 78.6 Å². The van der Waals surface area contributed by atoms with Crippen molar-refractivity contribution >= 4 is 0 Å². The van der Waals surface area contributed by atoms with Gasteiger partial charge in [0, 0.05) is 19.1 Å². The summed E-state index contributed by atoms with van der Waals surface area (Å²) in [5.74, 6) is 4.97. The normalized spacial score (nSPS) is 55.9. The summed E-state index contributed by atoms with van der Waals surface area (Å²) in [4.78, 5) is 2.86. The Morgan fingerprint density at radius 3 is 2.57 bits per heavy atom. The minimum Gasteiger partial charge on any atom is -0.393 e. The quantitative estimate of drug-likeness (QED) is 0.569. The first-order valence-corrected chi connectivity index (χ1v) is 13.2. The second-order valence-electron chi connectivity index (χ2n) is 12.7. The van der Waals surface area contributed by atoms with Gasteiger partial charge in [0.15, 0.2) is 0 Å². The molecule has 0 aromatic carbocycles. The smallest absolute Gasteiger partial charge is 0.0577 e. The Morgan fingerprint density at radius 2 is 1.73 bits per heavy atom. The Labute approximate surface area is 183 Å². The fourth-order valence-corrected chi connectivity index (χ4v) is 9.90. The summed E-state index contributed by atoms with van der Waals surface area (Å²) in [5, 5.41) is 21.5. The van der Waals surface area contributed by atoms with Crippen LogP contribution in [-0.2, 0) is 0 Å². The van der Waals surface area contributed by atoms with Crippen molar-refractivity contribution in [1.82, 2.24) is 4.90 Å². The van der Waals surface area contributed by atoms with E-state index in [0.717, 1.165) is 61.3 Å². The van der Waals surface area contributed by atoms with E-state index in [1.54, 1.807) is 0 Å². The van der Waals surface area contributed by atoms with Gasteiger partial charge < -0.3 is 10.2 Å². The average molecular weight is 414 g/mol. The molecule has 0 unspecified atom stereocenters. The minimum absolute atomic E-state index is 0.190. The molecular formula is C27H43NO2. The molecule has 30 heavy (non-hydrogen) atoms.